The molecular formula is C12H14N4O6. The predicted molar refractivity (Wildman–Crippen MR) is 67.6 cm³/mol. The van der Waals surface area contributed by atoms with Crippen molar-refractivity contribution in [1.29, 1.82) is 5.26 Å². The maximum atomic E-state index is 11.5. The zero-order chi connectivity index (χ0) is 16.5. The minimum absolute atomic E-state index is 0.0171. The number of nitrogens with zero attached hydrogens (tertiary/aromatic N) is 3. The zero-order valence-corrected chi connectivity index (χ0v) is 11.6. The summed E-state index contributed by atoms with van der Waals surface area (Å²) in [4.78, 5) is 32.9. The Balaban J connectivity index is 2.42. The molecule has 1 aliphatic heterocycles. The molecule has 1 unspecified atom stereocenters. The van der Waals surface area contributed by atoms with E-state index in [4.69, 9.17) is 5.26 Å². The van der Waals surface area contributed by atoms with E-state index in [1.54, 1.807) is 6.07 Å². The van der Waals surface area contributed by atoms with Gasteiger partial charge >= 0.3 is 0 Å². The number of hydrogen-bond acceptors (Lipinski definition) is 7. The molecule has 2 aliphatic rings. The summed E-state index contributed by atoms with van der Waals surface area (Å²) in [5.74, 6) is -1.30. The second kappa shape index (κ2) is 5.34. The number of carbonyl (C=O) groups excluding carboxylic acids is 1. The van der Waals surface area contributed by atoms with Crippen LogP contribution in [0.2, 0.25) is 0 Å². The van der Waals surface area contributed by atoms with Crippen molar-refractivity contribution in [2.75, 3.05) is 19.6 Å². The van der Waals surface area contributed by atoms with Crippen molar-refractivity contribution in [2.45, 2.75) is 30.3 Å². The van der Waals surface area contributed by atoms with Gasteiger partial charge in [0, 0.05) is 33.9 Å². The van der Waals surface area contributed by atoms with Crippen molar-refractivity contribution < 1.29 is 24.6 Å². The Kier molecular flexibility index (Phi) is 3.85. The molecular weight excluding hydrogens is 296 g/mol. The average Bonchev–Trinajstić information content (AvgIpc) is 2.43. The number of nitro groups is 2. The predicted octanol–water partition coefficient (Wildman–Crippen LogP) is -2.70. The van der Waals surface area contributed by atoms with Gasteiger partial charge in [0.25, 0.3) is 11.1 Å². The number of aliphatic carboxylic acids is 1. The molecule has 0 radical (unpaired) electrons. The fourth-order valence-electron chi connectivity index (χ4n) is 3.52. The van der Waals surface area contributed by atoms with Gasteiger partial charge < -0.3 is 14.8 Å². The topological polar surface area (TPSA) is 155 Å². The molecule has 10 heteroatoms. The van der Waals surface area contributed by atoms with Crippen LogP contribution >= 0.6 is 0 Å². The molecule has 0 spiro atoms. The molecule has 2 bridgehead atoms. The van der Waals surface area contributed by atoms with Crippen molar-refractivity contribution in [2.24, 2.45) is 0 Å². The number of carboxylic acids is 1. The first-order chi connectivity index (χ1) is 10.2. The van der Waals surface area contributed by atoms with Crippen LogP contribution in [0.1, 0.15) is 19.3 Å². The molecule has 118 valence electrons. The lowest BCUT2D eigenvalue weighted by molar-refractivity contribution is -0.943. The number of nitrogens with one attached hydrogen (secondary N) is 1. The third-order valence-electron chi connectivity index (χ3n) is 4.31. The van der Waals surface area contributed by atoms with Crippen LogP contribution in [0, 0.1) is 31.6 Å². The number of piperidine rings is 1. The molecule has 0 aromatic heterocycles. The number of hydrogen-bond donors (Lipinski definition) is 1. The van der Waals surface area contributed by atoms with Crippen LogP contribution in [-0.2, 0) is 4.79 Å². The first-order valence-corrected chi connectivity index (χ1v) is 6.67. The number of likely N-dealkylation sites (tertiary alicyclic amines) is 1. The number of carbonyl (C=O) groups is 1. The quantitative estimate of drug-likeness (QED) is 0.428. The first kappa shape index (κ1) is 15.8. The fourth-order valence-corrected chi connectivity index (χ4v) is 3.52. The summed E-state index contributed by atoms with van der Waals surface area (Å²) in [5, 5.41) is 42.6. The van der Waals surface area contributed by atoms with Crippen molar-refractivity contribution in [3.63, 3.8) is 0 Å². The monoisotopic (exact) mass is 310 g/mol. The highest BCUT2D eigenvalue weighted by molar-refractivity contribution is 5.64. The smallest absolute Gasteiger partial charge is 0.296 e. The van der Waals surface area contributed by atoms with Crippen molar-refractivity contribution >= 4 is 5.97 Å². The van der Waals surface area contributed by atoms with Gasteiger partial charge in [-0.25, -0.2) is 0 Å². The lowest BCUT2D eigenvalue weighted by Gasteiger charge is -2.42. The summed E-state index contributed by atoms with van der Waals surface area (Å²) in [5.41, 5.74) is -3.26. The van der Waals surface area contributed by atoms with E-state index in [1.807, 2.05) is 0 Å². The summed E-state index contributed by atoms with van der Waals surface area (Å²) in [6.45, 7) is -0.0980. The molecule has 3 atom stereocenters. The van der Waals surface area contributed by atoms with E-state index in [9.17, 15) is 30.1 Å². The number of carboxylic acid groups (broad SMARTS) is 1. The van der Waals surface area contributed by atoms with Gasteiger partial charge in [-0.1, -0.05) is 0 Å². The van der Waals surface area contributed by atoms with Gasteiger partial charge in [0.1, 0.15) is 13.0 Å². The molecule has 1 heterocycles. The van der Waals surface area contributed by atoms with Crippen molar-refractivity contribution in [3.8, 4) is 6.07 Å². The SMILES string of the molecule is N#CC1=C[C@]2([N+](=O)[O-])C[NH+](CCC(=O)[O-])C[C@]([N+](=O)[O-])(C1)C2. The zero-order valence-electron chi connectivity index (χ0n) is 11.6. The van der Waals surface area contributed by atoms with Crippen molar-refractivity contribution in [3.05, 3.63) is 31.9 Å². The molecule has 10 nitrogen and oxygen atoms in total. The van der Waals surface area contributed by atoms with Crippen LogP contribution < -0.4 is 10.0 Å². The van der Waals surface area contributed by atoms with Crippen LogP contribution in [0.5, 0.6) is 0 Å². The molecule has 1 saturated heterocycles. The van der Waals surface area contributed by atoms with E-state index in [0.717, 1.165) is 0 Å². The maximum Gasteiger partial charge on any atom is 0.296 e. The molecule has 0 saturated carbocycles. The normalized spacial score (nSPS) is 33.4. The summed E-state index contributed by atoms with van der Waals surface area (Å²) in [6, 6.07) is 1.80. The Morgan fingerprint density at radius 3 is 2.55 bits per heavy atom. The second-order valence-corrected chi connectivity index (χ2v) is 5.95. The lowest BCUT2D eigenvalue weighted by atomic mass is 9.69. The van der Waals surface area contributed by atoms with Crippen LogP contribution in [0.3, 0.4) is 0 Å². The van der Waals surface area contributed by atoms with Gasteiger partial charge in [-0.15, -0.1) is 0 Å². The van der Waals surface area contributed by atoms with E-state index in [0.29, 0.717) is 4.90 Å². The third kappa shape index (κ3) is 2.62. The third-order valence-corrected chi connectivity index (χ3v) is 4.31. The highest BCUT2D eigenvalue weighted by atomic mass is 16.6. The fraction of sp³-hybridized carbons (Fsp3) is 0.667. The van der Waals surface area contributed by atoms with E-state index < -0.39 is 26.9 Å². The summed E-state index contributed by atoms with van der Waals surface area (Å²) >= 11 is 0. The molecule has 1 aliphatic carbocycles. The number of quaternary nitrogens is 1. The molecule has 1 fully saturated rings. The van der Waals surface area contributed by atoms with E-state index in [2.05, 4.69) is 0 Å². The van der Waals surface area contributed by atoms with Crippen LogP contribution in [0.15, 0.2) is 11.6 Å². The van der Waals surface area contributed by atoms with Crippen LogP contribution in [0.4, 0.5) is 0 Å². The van der Waals surface area contributed by atoms with E-state index >= 15 is 0 Å². The van der Waals surface area contributed by atoms with Gasteiger partial charge in [0.05, 0.1) is 19.0 Å². The summed E-state index contributed by atoms with van der Waals surface area (Å²) in [7, 11) is 0. The standard InChI is InChI=1S/C12H14N4O6/c13-5-9-3-11(15(19)20)6-12(4-9,16(21)22)8-14(7-11)2-1-10(17)18/h3H,1-2,4,6-8H2,(H,17,18)/t11-,12+/m1/s1. The van der Waals surface area contributed by atoms with Gasteiger partial charge in [-0.2, -0.15) is 5.26 Å². The van der Waals surface area contributed by atoms with Crippen molar-refractivity contribution in [1.82, 2.24) is 0 Å². The number of nitriles is 1. The summed E-state index contributed by atoms with van der Waals surface area (Å²) in [6.07, 6.45) is 0.430. The summed E-state index contributed by atoms with van der Waals surface area (Å²) < 4.78 is 0. The maximum absolute atomic E-state index is 11.5. The molecule has 1 N–H and O–H groups in total. The van der Waals surface area contributed by atoms with E-state index in [1.165, 1.54) is 6.08 Å². The number of fused-ring (bicyclic) bond motifs is 2. The van der Waals surface area contributed by atoms with Crippen LogP contribution in [-0.4, -0.2) is 46.5 Å². The van der Waals surface area contributed by atoms with Gasteiger partial charge in [-0.05, 0) is 0 Å². The second-order valence-electron chi connectivity index (χ2n) is 5.95. The first-order valence-electron chi connectivity index (χ1n) is 6.67. The molecule has 2 rings (SSSR count). The Morgan fingerprint density at radius 2 is 2.05 bits per heavy atom. The molecule has 0 amide bonds. The highest BCUT2D eigenvalue weighted by Crippen LogP contribution is 2.39. The Hall–Kier alpha value is -2.54. The molecule has 0 aromatic carbocycles. The van der Waals surface area contributed by atoms with Crippen LogP contribution in [0.25, 0.3) is 0 Å². The largest absolute Gasteiger partial charge is 0.550 e. The Labute approximate surface area is 124 Å². The Bertz CT molecular complexity index is 611. The lowest BCUT2D eigenvalue weighted by Crippen LogP contribution is -3.18. The number of rotatable bonds is 5. The average molecular weight is 310 g/mol. The minimum Gasteiger partial charge on any atom is -0.550 e. The van der Waals surface area contributed by atoms with Gasteiger partial charge in [0.15, 0.2) is 6.54 Å². The Morgan fingerprint density at radius 1 is 1.36 bits per heavy atom. The van der Waals surface area contributed by atoms with E-state index in [-0.39, 0.29) is 44.5 Å². The molecule has 22 heavy (non-hydrogen) atoms. The minimum atomic E-state index is -1.70. The van der Waals surface area contributed by atoms with Gasteiger partial charge in [-0.3, -0.25) is 20.2 Å². The van der Waals surface area contributed by atoms with Gasteiger partial charge in [0.2, 0.25) is 0 Å². The highest BCUT2D eigenvalue weighted by Gasteiger charge is 2.66. The molecule has 0 aromatic rings.